The number of hydrogen-bond acceptors (Lipinski definition) is 7. The lowest BCUT2D eigenvalue weighted by atomic mass is 10.1. The standard InChI is InChI=1S/C16H16N4O2S2/c1-10-18-19-14(24-10)8-20(2)7-13-9-23-15(17-13)11-4-3-5-12(6-11)16(21)22/h3-6,9H,7-8H2,1-2H3,(H,21,22). The van der Waals surface area contributed by atoms with E-state index in [2.05, 4.69) is 20.1 Å². The summed E-state index contributed by atoms with van der Waals surface area (Å²) in [6.45, 7) is 3.37. The van der Waals surface area contributed by atoms with Crippen LogP contribution in [0, 0.1) is 6.92 Å². The van der Waals surface area contributed by atoms with E-state index < -0.39 is 5.97 Å². The van der Waals surface area contributed by atoms with Gasteiger partial charge in [-0.2, -0.15) is 0 Å². The molecule has 24 heavy (non-hydrogen) atoms. The first-order valence-corrected chi connectivity index (χ1v) is 8.96. The van der Waals surface area contributed by atoms with Crippen molar-refractivity contribution in [3.05, 3.63) is 50.9 Å². The van der Waals surface area contributed by atoms with Gasteiger partial charge in [0.05, 0.1) is 17.8 Å². The zero-order chi connectivity index (χ0) is 17.1. The maximum absolute atomic E-state index is 11.1. The molecule has 2 aromatic heterocycles. The number of aromatic nitrogens is 3. The molecule has 0 atom stereocenters. The van der Waals surface area contributed by atoms with Crippen LogP contribution in [0.1, 0.15) is 26.1 Å². The number of carbonyl (C=O) groups is 1. The second-order valence-corrected chi connectivity index (χ2v) is 7.54. The summed E-state index contributed by atoms with van der Waals surface area (Å²) in [5.41, 5.74) is 2.06. The number of benzene rings is 1. The Bertz CT molecular complexity index is 859. The fourth-order valence-corrected chi connectivity index (χ4v) is 3.86. The van der Waals surface area contributed by atoms with Crippen LogP contribution in [0.4, 0.5) is 0 Å². The van der Waals surface area contributed by atoms with Gasteiger partial charge in [0.15, 0.2) is 0 Å². The molecule has 0 aliphatic carbocycles. The van der Waals surface area contributed by atoms with Crippen LogP contribution in [-0.4, -0.2) is 38.2 Å². The van der Waals surface area contributed by atoms with Gasteiger partial charge in [0.25, 0.3) is 0 Å². The van der Waals surface area contributed by atoms with Crippen LogP contribution in [0.5, 0.6) is 0 Å². The smallest absolute Gasteiger partial charge is 0.335 e. The molecule has 0 fully saturated rings. The summed E-state index contributed by atoms with van der Waals surface area (Å²) in [6.07, 6.45) is 0. The fourth-order valence-electron chi connectivity index (χ4n) is 2.26. The molecule has 124 valence electrons. The van der Waals surface area contributed by atoms with Crippen LogP contribution in [0.3, 0.4) is 0 Å². The van der Waals surface area contributed by atoms with E-state index in [4.69, 9.17) is 5.11 Å². The van der Waals surface area contributed by atoms with E-state index >= 15 is 0 Å². The van der Waals surface area contributed by atoms with Gasteiger partial charge in [-0.3, -0.25) is 4.90 Å². The molecule has 1 N–H and O–H groups in total. The topological polar surface area (TPSA) is 79.2 Å². The van der Waals surface area contributed by atoms with Crippen LogP contribution in [0.2, 0.25) is 0 Å². The molecule has 0 unspecified atom stereocenters. The zero-order valence-corrected chi connectivity index (χ0v) is 14.9. The maximum Gasteiger partial charge on any atom is 0.335 e. The highest BCUT2D eigenvalue weighted by Crippen LogP contribution is 2.25. The van der Waals surface area contributed by atoms with E-state index in [1.807, 2.05) is 25.4 Å². The highest BCUT2D eigenvalue weighted by atomic mass is 32.1. The average Bonchev–Trinajstić information content (AvgIpc) is 3.16. The maximum atomic E-state index is 11.1. The van der Waals surface area contributed by atoms with Crippen LogP contribution in [0.25, 0.3) is 10.6 Å². The molecule has 8 heteroatoms. The normalized spacial score (nSPS) is 11.1. The quantitative estimate of drug-likeness (QED) is 0.726. The summed E-state index contributed by atoms with van der Waals surface area (Å²) < 4.78 is 0. The van der Waals surface area contributed by atoms with Gasteiger partial charge < -0.3 is 5.11 Å². The summed E-state index contributed by atoms with van der Waals surface area (Å²) in [4.78, 5) is 17.8. The molecule has 3 rings (SSSR count). The number of hydrogen-bond donors (Lipinski definition) is 1. The first-order valence-electron chi connectivity index (χ1n) is 7.27. The van der Waals surface area contributed by atoms with E-state index in [-0.39, 0.29) is 5.56 Å². The molecular weight excluding hydrogens is 344 g/mol. The lowest BCUT2D eigenvalue weighted by Crippen LogP contribution is -2.17. The molecule has 0 saturated heterocycles. The summed E-state index contributed by atoms with van der Waals surface area (Å²) in [6, 6.07) is 6.85. The Labute approximate surface area is 147 Å². The van der Waals surface area contributed by atoms with Gasteiger partial charge in [-0.1, -0.05) is 12.1 Å². The number of nitrogens with zero attached hydrogens (tertiary/aromatic N) is 4. The fraction of sp³-hybridized carbons (Fsp3) is 0.250. The van der Waals surface area contributed by atoms with Crippen LogP contribution >= 0.6 is 22.7 Å². The van der Waals surface area contributed by atoms with E-state index in [1.165, 1.54) is 11.3 Å². The van der Waals surface area contributed by atoms with Crippen molar-refractivity contribution in [2.45, 2.75) is 20.0 Å². The minimum Gasteiger partial charge on any atom is -0.478 e. The second kappa shape index (κ2) is 7.16. The minimum atomic E-state index is -0.930. The van der Waals surface area contributed by atoms with Gasteiger partial charge in [-0.05, 0) is 26.1 Å². The highest BCUT2D eigenvalue weighted by molar-refractivity contribution is 7.13. The minimum absolute atomic E-state index is 0.271. The summed E-state index contributed by atoms with van der Waals surface area (Å²) >= 11 is 3.12. The third kappa shape index (κ3) is 4.02. The van der Waals surface area contributed by atoms with E-state index in [0.29, 0.717) is 6.54 Å². The number of aryl methyl sites for hydroxylation is 1. The Morgan fingerprint density at radius 1 is 1.29 bits per heavy atom. The molecule has 1 aromatic carbocycles. The molecule has 0 radical (unpaired) electrons. The number of carboxylic acid groups (broad SMARTS) is 1. The Morgan fingerprint density at radius 3 is 2.83 bits per heavy atom. The first kappa shape index (κ1) is 16.7. The molecule has 3 aromatic rings. The number of thiazole rings is 1. The molecule has 6 nitrogen and oxygen atoms in total. The third-order valence-corrected chi connectivity index (χ3v) is 5.08. The van der Waals surface area contributed by atoms with Gasteiger partial charge in [-0.25, -0.2) is 9.78 Å². The van der Waals surface area contributed by atoms with Crippen molar-refractivity contribution < 1.29 is 9.90 Å². The number of rotatable bonds is 6. The second-order valence-electron chi connectivity index (χ2n) is 5.42. The predicted molar refractivity (Wildman–Crippen MR) is 94.3 cm³/mol. The molecule has 2 heterocycles. The van der Waals surface area contributed by atoms with Crippen molar-refractivity contribution >= 4 is 28.6 Å². The molecule has 0 spiro atoms. The Hall–Kier alpha value is -2.16. The van der Waals surface area contributed by atoms with E-state index in [1.54, 1.807) is 29.5 Å². The zero-order valence-electron chi connectivity index (χ0n) is 13.3. The summed E-state index contributed by atoms with van der Waals surface area (Å²) in [5, 5.41) is 22.0. The molecule has 0 bridgehead atoms. The van der Waals surface area contributed by atoms with Crippen LogP contribution in [0.15, 0.2) is 29.6 Å². The van der Waals surface area contributed by atoms with Crippen molar-refractivity contribution in [3.63, 3.8) is 0 Å². The number of aromatic carboxylic acids is 1. The van der Waals surface area contributed by atoms with Crippen molar-refractivity contribution in [3.8, 4) is 10.6 Å². The summed E-state index contributed by atoms with van der Waals surface area (Å²) in [5.74, 6) is -0.930. The van der Waals surface area contributed by atoms with Crippen molar-refractivity contribution in [1.82, 2.24) is 20.1 Å². The SMILES string of the molecule is Cc1nnc(CN(C)Cc2csc(-c3cccc(C(=O)O)c3)n2)s1. The largest absolute Gasteiger partial charge is 0.478 e. The third-order valence-electron chi connectivity index (χ3n) is 3.31. The van der Waals surface area contributed by atoms with Gasteiger partial charge >= 0.3 is 5.97 Å². The highest BCUT2D eigenvalue weighted by Gasteiger charge is 2.11. The van der Waals surface area contributed by atoms with Gasteiger partial charge in [-0.15, -0.1) is 32.9 Å². The van der Waals surface area contributed by atoms with Gasteiger partial charge in [0, 0.05) is 17.5 Å². The molecule has 0 aliphatic heterocycles. The average molecular weight is 360 g/mol. The molecule has 0 amide bonds. The summed E-state index contributed by atoms with van der Waals surface area (Å²) in [7, 11) is 2.01. The monoisotopic (exact) mass is 360 g/mol. The Morgan fingerprint density at radius 2 is 2.12 bits per heavy atom. The molecular formula is C16H16N4O2S2. The van der Waals surface area contributed by atoms with Crippen molar-refractivity contribution in [1.29, 1.82) is 0 Å². The lowest BCUT2D eigenvalue weighted by Gasteiger charge is -2.12. The number of carboxylic acids is 1. The van der Waals surface area contributed by atoms with Gasteiger partial charge in [0.2, 0.25) is 0 Å². The first-order chi connectivity index (χ1) is 11.5. The van der Waals surface area contributed by atoms with E-state index in [0.717, 1.165) is 32.8 Å². The molecule has 0 saturated carbocycles. The molecule has 0 aliphatic rings. The van der Waals surface area contributed by atoms with Crippen molar-refractivity contribution in [2.75, 3.05) is 7.05 Å². The van der Waals surface area contributed by atoms with Crippen molar-refractivity contribution in [2.24, 2.45) is 0 Å². The lowest BCUT2D eigenvalue weighted by molar-refractivity contribution is 0.0697. The van der Waals surface area contributed by atoms with E-state index in [9.17, 15) is 4.79 Å². The van der Waals surface area contributed by atoms with Crippen LogP contribution < -0.4 is 0 Å². The van der Waals surface area contributed by atoms with Crippen LogP contribution in [-0.2, 0) is 13.1 Å². The predicted octanol–water partition coefficient (Wildman–Crippen LogP) is 3.30. The Kier molecular flexibility index (Phi) is 4.98. The Balaban J connectivity index is 1.69. The van der Waals surface area contributed by atoms with Gasteiger partial charge in [0.1, 0.15) is 15.0 Å².